The molecule has 32 heavy (non-hydrogen) atoms. The Morgan fingerprint density at radius 3 is 2.19 bits per heavy atom. The first-order valence-electron chi connectivity index (χ1n) is 9.80. The van der Waals surface area contributed by atoms with Gasteiger partial charge in [-0.1, -0.05) is 18.2 Å². The van der Waals surface area contributed by atoms with Gasteiger partial charge in [-0.05, 0) is 38.8 Å². The molecule has 4 rings (SSSR count). The van der Waals surface area contributed by atoms with Crippen molar-refractivity contribution in [3.8, 4) is 0 Å². The number of fused-ring (bicyclic) bond motifs is 3. The van der Waals surface area contributed by atoms with Gasteiger partial charge in [0.2, 0.25) is 0 Å². The van der Waals surface area contributed by atoms with E-state index in [1.165, 1.54) is 12.8 Å². The molecular weight excluding hydrogens is 453 g/mol. The van der Waals surface area contributed by atoms with Crippen molar-refractivity contribution in [1.29, 1.82) is 0 Å². The summed E-state index contributed by atoms with van der Waals surface area (Å²) in [6.45, 7) is 0. The van der Waals surface area contributed by atoms with Crippen LogP contribution in [0.3, 0.4) is 0 Å². The Morgan fingerprint density at radius 2 is 1.69 bits per heavy atom. The minimum atomic E-state index is -5.08. The lowest BCUT2D eigenvalue weighted by Crippen LogP contribution is -2.48. The molecule has 2 saturated heterocycles. The highest BCUT2D eigenvalue weighted by Crippen LogP contribution is 2.34. The standard InChI is InChI=1S/C17H22N4O3S.C2HF3O2/c1-20-12-7-8-13(20)10-11(9-12)18-17(22)16-14-5-3-4-6-15(14)21(19-16)25(2,23)24;3-2(4,5)1(6)7/h3-6,11-13H,7-10H2,1-2H3,(H,18,22);(H,6,7)/t11-,12+,13-;. The van der Waals surface area contributed by atoms with Crippen molar-refractivity contribution in [3.63, 3.8) is 0 Å². The summed E-state index contributed by atoms with van der Waals surface area (Å²) >= 11 is 0. The minimum absolute atomic E-state index is 0.114. The summed E-state index contributed by atoms with van der Waals surface area (Å²) in [5.74, 6) is -3.06. The molecule has 0 aliphatic carbocycles. The molecular formula is C19H23F3N4O5S. The Bertz CT molecular complexity index is 1120. The van der Waals surface area contributed by atoms with Crippen LogP contribution in [0, 0.1) is 0 Å². The number of alkyl halides is 3. The number of carbonyl (C=O) groups excluding carboxylic acids is 1. The number of nitrogens with zero attached hydrogens (tertiary/aromatic N) is 3. The van der Waals surface area contributed by atoms with Gasteiger partial charge in [0.1, 0.15) is 0 Å². The summed E-state index contributed by atoms with van der Waals surface area (Å²) in [5.41, 5.74) is 0.603. The fourth-order valence-electron chi connectivity index (χ4n) is 4.24. The van der Waals surface area contributed by atoms with Crippen LogP contribution >= 0.6 is 0 Å². The number of amides is 1. The highest BCUT2D eigenvalue weighted by Gasteiger charge is 2.39. The molecule has 2 N–H and O–H groups in total. The number of benzene rings is 1. The van der Waals surface area contributed by atoms with Crippen molar-refractivity contribution in [2.75, 3.05) is 13.3 Å². The second kappa shape index (κ2) is 8.70. The Morgan fingerprint density at radius 1 is 1.16 bits per heavy atom. The summed E-state index contributed by atoms with van der Waals surface area (Å²) in [5, 5.41) is 14.9. The van der Waals surface area contributed by atoms with Gasteiger partial charge in [-0.25, -0.2) is 13.2 Å². The Balaban J connectivity index is 0.000000360. The fourth-order valence-corrected chi connectivity index (χ4v) is 4.99. The average Bonchev–Trinajstić information content (AvgIpc) is 3.15. The minimum Gasteiger partial charge on any atom is -0.475 e. The molecule has 2 aromatic rings. The molecule has 9 nitrogen and oxygen atoms in total. The van der Waals surface area contributed by atoms with E-state index in [1.54, 1.807) is 24.3 Å². The SMILES string of the molecule is CN1[C@@H]2CC[C@H]1C[C@@H](NC(=O)c1nn(S(C)(=O)=O)c3ccccc13)C2.O=C(O)C(F)(F)F. The molecule has 13 heteroatoms. The maximum Gasteiger partial charge on any atom is 0.490 e. The highest BCUT2D eigenvalue weighted by molar-refractivity contribution is 7.89. The number of carboxylic acids is 1. The summed E-state index contributed by atoms with van der Waals surface area (Å²) in [4.78, 5) is 24.1. The largest absolute Gasteiger partial charge is 0.490 e. The third kappa shape index (κ3) is 5.04. The molecule has 2 aliphatic heterocycles. The number of hydrogen-bond donors (Lipinski definition) is 2. The molecule has 0 unspecified atom stereocenters. The van der Waals surface area contributed by atoms with E-state index in [2.05, 4.69) is 22.4 Å². The van der Waals surface area contributed by atoms with Crippen LogP contribution in [0.5, 0.6) is 0 Å². The van der Waals surface area contributed by atoms with E-state index in [0.717, 1.165) is 23.2 Å². The normalized spacial score (nSPS) is 23.5. The zero-order valence-electron chi connectivity index (χ0n) is 17.3. The second-order valence-corrected chi connectivity index (χ2v) is 9.78. The number of piperidine rings is 1. The summed E-state index contributed by atoms with van der Waals surface area (Å²) in [6, 6.07) is 8.07. The van der Waals surface area contributed by atoms with Gasteiger partial charge in [0.05, 0.1) is 11.8 Å². The first kappa shape index (κ1) is 24.0. The van der Waals surface area contributed by atoms with Crippen molar-refractivity contribution >= 4 is 32.8 Å². The molecule has 2 fully saturated rings. The van der Waals surface area contributed by atoms with Gasteiger partial charge in [-0.15, -0.1) is 0 Å². The van der Waals surface area contributed by atoms with Crippen LogP contribution in [0.1, 0.15) is 36.2 Å². The number of rotatable bonds is 3. The van der Waals surface area contributed by atoms with Gasteiger partial charge >= 0.3 is 12.1 Å². The topological polar surface area (TPSA) is 122 Å². The number of nitrogens with one attached hydrogen (secondary N) is 1. The van der Waals surface area contributed by atoms with Gasteiger partial charge in [-0.3, -0.25) is 4.79 Å². The number of halogens is 3. The predicted molar refractivity (Wildman–Crippen MR) is 109 cm³/mol. The van der Waals surface area contributed by atoms with E-state index in [9.17, 15) is 26.4 Å². The third-order valence-corrected chi connectivity index (χ3v) is 6.67. The Hall–Kier alpha value is -2.67. The maximum absolute atomic E-state index is 12.8. The van der Waals surface area contributed by atoms with Gasteiger partial charge in [0.15, 0.2) is 5.69 Å². The zero-order valence-corrected chi connectivity index (χ0v) is 18.2. The van der Waals surface area contributed by atoms with Crippen LogP contribution in [0.25, 0.3) is 10.9 Å². The van der Waals surface area contributed by atoms with E-state index in [1.807, 2.05) is 0 Å². The van der Waals surface area contributed by atoms with Crippen LogP contribution < -0.4 is 5.32 Å². The lowest BCUT2D eigenvalue weighted by molar-refractivity contribution is -0.192. The second-order valence-electron chi connectivity index (χ2n) is 7.97. The molecule has 3 heterocycles. The molecule has 1 amide bonds. The van der Waals surface area contributed by atoms with Crippen LogP contribution in [0.2, 0.25) is 0 Å². The molecule has 2 aliphatic rings. The van der Waals surface area contributed by atoms with Gasteiger partial charge < -0.3 is 15.3 Å². The third-order valence-electron chi connectivity index (χ3n) is 5.76. The molecule has 176 valence electrons. The number of aromatic nitrogens is 2. The van der Waals surface area contributed by atoms with E-state index in [4.69, 9.17) is 9.90 Å². The molecule has 0 spiro atoms. The number of carbonyl (C=O) groups is 2. The van der Waals surface area contributed by atoms with E-state index in [-0.39, 0.29) is 17.6 Å². The first-order chi connectivity index (χ1) is 14.8. The van der Waals surface area contributed by atoms with Crippen molar-refractivity contribution < 1.29 is 36.3 Å². The van der Waals surface area contributed by atoms with E-state index < -0.39 is 22.2 Å². The number of aliphatic carboxylic acids is 1. The lowest BCUT2D eigenvalue weighted by atomic mass is 9.98. The summed E-state index contributed by atoms with van der Waals surface area (Å²) in [6.07, 6.45) is 0.230. The quantitative estimate of drug-likeness (QED) is 0.693. The maximum atomic E-state index is 12.8. The van der Waals surface area contributed by atoms with Crippen molar-refractivity contribution in [2.24, 2.45) is 0 Å². The summed E-state index contributed by atoms with van der Waals surface area (Å²) < 4.78 is 56.6. The van der Waals surface area contributed by atoms with Crippen LogP contribution in [0.15, 0.2) is 24.3 Å². The smallest absolute Gasteiger partial charge is 0.475 e. The Kier molecular flexibility index (Phi) is 6.52. The van der Waals surface area contributed by atoms with Crippen LogP contribution in [-0.4, -0.2) is 77.1 Å². The number of carboxylic acid groups (broad SMARTS) is 1. The molecule has 0 radical (unpaired) electrons. The molecule has 3 atom stereocenters. The molecule has 1 aromatic heterocycles. The number of para-hydroxylation sites is 1. The monoisotopic (exact) mass is 476 g/mol. The zero-order chi connectivity index (χ0) is 23.8. The number of hydrogen-bond acceptors (Lipinski definition) is 6. The highest BCUT2D eigenvalue weighted by atomic mass is 32.2. The van der Waals surface area contributed by atoms with Crippen LogP contribution in [0.4, 0.5) is 13.2 Å². The lowest BCUT2D eigenvalue weighted by Gasteiger charge is -2.36. The fraction of sp³-hybridized carbons (Fsp3) is 0.526. The van der Waals surface area contributed by atoms with E-state index >= 15 is 0 Å². The van der Waals surface area contributed by atoms with Crippen molar-refractivity contribution in [3.05, 3.63) is 30.0 Å². The van der Waals surface area contributed by atoms with Gasteiger partial charge in [0.25, 0.3) is 15.9 Å². The van der Waals surface area contributed by atoms with E-state index in [0.29, 0.717) is 23.0 Å². The van der Waals surface area contributed by atoms with Gasteiger partial charge in [0, 0.05) is 23.5 Å². The van der Waals surface area contributed by atoms with Crippen LogP contribution in [-0.2, 0) is 14.8 Å². The molecule has 0 saturated carbocycles. The summed E-state index contributed by atoms with van der Waals surface area (Å²) in [7, 11) is -1.42. The van der Waals surface area contributed by atoms with Crippen molar-refractivity contribution in [1.82, 2.24) is 19.4 Å². The van der Waals surface area contributed by atoms with Gasteiger partial charge in [-0.2, -0.15) is 22.4 Å². The molecule has 2 bridgehead atoms. The predicted octanol–water partition coefficient (Wildman–Crippen LogP) is 1.83. The Labute approximate surface area is 182 Å². The first-order valence-corrected chi connectivity index (χ1v) is 11.6. The molecule has 1 aromatic carbocycles. The van der Waals surface area contributed by atoms with Crippen molar-refractivity contribution in [2.45, 2.75) is 50.0 Å². The average molecular weight is 476 g/mol.